The molecule has 0 radical (unpaired) electrons. The van der Waals surface area contributed by atoms with Gasteiger partial charge in [0.1, 0.15) is 0 Å². The summed E-state index contributed by atoms with van der Waals surface area (Å²) < 4.78 is 5.22. The molecule has 0 saturated heterocycles. The summed E-state index contributed by atoms with van der Waals surface area (Å²) in [5.41, 5.74) is 7.11. The second-order valence-electron chi connectivity index (χ2n) is 4.19. The molecule has 7 nitrogen and oxygen atoms in total. The number of hydrogen-bond acceptors (Lipinski definition) is 6. The molecule has 2 aromatic heterocycles. The van der Waals surface area contributed by atoms with E-state index in [1.807, 2.05) is 6.07 Å². The highest BCUT2D eigenvalue weighted by Gasteiger charge is 2.12. The van der Waals surface area contributed by atoms with Crippen molar-refractivity contribution in [3.63, 3.8) is 0 Å². The van der Waals surface area contributed by atoms with E-state index in [9.17, 15) is 4.79 Å². The Bertz CT molecular complexity index is 771. The van der Waals surface area contributed by atoms with Crippen LogP contribution in [0.1, 0.15) is 10.5 Å². The average molecular weight is 281 g/mol. The molecular formula is C14H11N5O2. The van der Waals surface area contributed by atoms with Gasteiger partial charge in [-0.3, -0.25) is 4.79 Å². The third-order valence-electron chi connectivity index (χ3n) is 2.78. The highest BCUT2D eigenvalue weighted by molar-refractivity contribution is 6.05. The van der Waals surface area contributed by atoms with E-state index in [1.54, 1.807) is 24.4 Å². The van der Waals surface area contributed by atoms with E-state index in [0.717, 1.165) is 5.56 Å². The third-order valence-corrected chi connectivity index (χ3v) is 2.78. The van der Waals surface area contributed by atoms with Crippen molar-refractivity contribution in [3.8, 4) is 11.3 Å². The number of nitrogens with zero attached hydrogens (tertiary/aromatic N) is 3. The van der Waals surface area contributed by atoms with Gasteiger partial charge in [0.25, 0.3) is 5.91 Å². The Morgan fingerprint density at radius 3 is 2.86 bits per heavy atom. The summed E-state index contributed by atoms with van der Waals surface area (Å²) in [7, 11) is 0. The Morgan fingerprint density at radius 2 is 2.10 bits per heavy atom. The maximum Gasteiger partial charge on any atom is 0.278 e. The Morgan fingerprint density at radius 1 is 1.24 bits per heavy atom. The number of rotatable bonds is 3. The van der Waals surface area contributed by atoms with Crippen LogP contribution >= 0.6 is 0 Å². The van der Waals surface area contributed by atoms with Crippen LogP contribution in [0.15, 0.2) is 53.7 Å². The summed E-state index contributed by atoms with van der Waals surface area (Å²) in [6.45, 7) is 0. The van der Waals surface area contributed by atoms with Crippen LogP contribution in [0.25, 0.3) is 11.3 Å². The number of nitrogens with two attached hydrogens (primary N) is 1. The molecular weight excluding hydrogens is 270 g/mol. The standard InChI is InChI=1S/C14H11N5O2/c15-13-12(17-4-5-18-13)14(20)19-10-3-1-2-9(6-10)11-7-16-8-21-11/h1-8H,(H2,15,18)(H,19,20). The van der Waals surface area contributed by atoms with E-state index in [0.29, 0.717) is 11.4 Å². The summed E-state index contributed by atoms with van der Waals surface area (Å²) in [6.07, 6.45) is 5.79. The fraction of sp³-hybridized carbons (Fsp3) is 0. The topological polar surface area (TPSA) is 107 Å². The van der Waals surface area contributed by atoms with Crippen LogP contribution in [0.5, 0.6) is 0 Å². The van der Waals surface area contributed by atoms with Crippen molar-refractivity contribution in [1.82, 2.24) is 15.0 Å². The molecule has 1 aromatic carbocycles. The number of amides is 1. The van der Waals surface area contributed by atoms with Gasteiger partial charge in [-0.1, -0.05) is 12.1 Å². The van der Waals surface area contributed by atoms with Gasteiger partial charge in [-0.15, -0.1) is 0 Å². The van der Waals surface area contributed by atoms with Crippen molar-refractivity contribution in [3.05, 3.63) is 54.9 Å². The van der Waals surface area contributed by atoms with Crippen LogP contribution in [0.4, 0.5) is 11.5 Å². The van der Waals surface area contributed by atoms with Crippen LogP contribution in [0, 0.1) is 0 Å². The summed E-state index contributed by atoms with van der Waals surface area (Å²) >= 11 is 0. The van der Waals surface area contributed by atoms with Crippen LogP contribution in [0.2, 0.25) is 0 Å². The molecule has 3 rings (SSSR count). The van der Waals surface area contributed by atoms with Gasteiger partial charge in [0.05, 0.1) is 6.20 Å². The van der Waals surface area contributed by atoms with E-state index in [4.69, 9.17) is 10.2 Å². The minimum absolute atomic E-state index is 0.0846. The molecule has 2 heterocycles. The first-order chi connectivity index (χ1) is 10.2. The quantitative estimate of drug-likeness (QED) is 0.760. The molecule has 0 unspecified atom stereocenters. The van der Waals surface area contributed by atoms with Gasteiger partial charge in [0, 0.05) is 23.6 Å². The number of nitrogens with one attached hydrogen (secondary N) is 1. The molecule has 3 aromatic rings. The average Bonchev–Trinajstić information content (AvgIpc) is 3.02. The van der Waals surface area contributed by atoms with Crippen molar-refractivity contribution in [2.75, 3.05) is 11.1 Å². The Kier molecular flexibility index (Phi) is 3.30. The fourth-order valence-corrected chi connectivity index (χ4v) is 1.82. The first kappa shape index (κ1) is 12.8. The summed E-state index contributed by atoms with van der Waals surface area (Å²) in [5.74, 6) is 0.279. The predicted octanol–water partition coefficient (Wildman–Crippen LogP) is 1.97. The molecule has 0 atom stereocenters. The Labute approximate surface area is 119 Å². The second-order valence-corrected chi connectivity index (χ2v) is 4.19. The van der Waals surface area contributed by atoms with Crippen molar-refractivity contribution in [1.29, 1.82) is 0 Å². The maximum atomic E-state index is 12.1. The summed E-state index contributed by atoms with van der Waals surface area (Å²) in [4.78, 5) is 23.7. The number of hydrogen-bond donors (Lipinski definition) is 2. The molecule has 0 aliphatic rings. The van der Waals surface area contributed by atoms with Crippen molar-refractivity contribution < 1.29 is 9.21 Å². The lowest BCUT2D eigenvalue weighted by Crippen LogP contribution is -2.16. The Balaban J connectivity index is 1.84. The van der Waals surface area contributed by atoms with Crippen molar-refractivity contribution in [2.24, 2.45) is 0 Å². The maximum absolute atomic E-state index is 12.1. The van der Waals surface area contributed by atoms with Gasteiger partial charge in [0.2, 0.25) is 0 Å². The number of nitrogen functional groups attached to an aromatic ring is 1. The largest absolute Gasteiger partial charge is 0.444 e. The molecule has 1 amide bonds. The molecule has 21 heavy (non-hydrogen) atoms. The van der Waals surface area contributed by atoms with E-state index in [-0.39, 0.29) is 11.5 Å². The highest BCUT2D eigenvalue weighted by Crippen LogP contribution is 2.22. The molecule has 0 bridgehead atoms. The zero-order chi connectivity index (χ0) is 14.7. The lowest BCUT2D eigenvalue weighted by Gasteiger charge is -2.07. The van der Waals surface area contributed by atoms with Gasteiger partial charge in [-0.2, -0.15) is 0 Å². The zero-order valence-corrected chi connectivity index (χ0v) is 10.9. The number of benzene rings is 1. The smallest absolute Gasteiger partial charge is 0.278 e. The van der Waals surface area contributed by atoms with Crippen molar-refractivity contribution >= 4 is 17.4 Å². The molecule has 7 heteroatoms. The molecule has 104 valence electrons. The van der Waals surface area contributed by atoms with E-state index in [2.05, 4.69) is 20.3 Å². The van der Waals surface area contributed by atoms with E-state index < -0.39 is 5.91 Å². The molecule has 0 fully saturated rings. The van der Waals surface area contributed by atoms with E-state index >= 15 is 0 Å². The fourth-order valence-electron chi connectivity index (χ4n) is 1.82. The molecule has 0 aliphatic heterocycles. The molecule has 0 saturated carbocycles. The first-order valence-electron chi connectivity index (χ1n) is 6.11. The van der Waals surface area contributed by atoms with Gasteiger partial charge >= 0.3 is 0 Å². The molecule has 3 N–H and O–H groups in total. The lowest BCUT2D eigenvalue weighted by molar-refractivity contribution is 0.102. The highest BCUT2D eigenvalue weighted by atomic mass is 16.3. The first-order valence-corrected chi connectivity index (χ1v) is 6.11. The van der Waals surface area contributed by atoms with Gasteiger partial charge < -0.3 is 15.5 Å². The SMILES string of the molecule is Nc1nccnc1C(=O)Nc1cccc(-c2cnco2)c1. The zero-order valence-electron chi connectivity index (χ0n) is 10.9. The Hall–Kier alpha value is -3.22. The normalized spacial score (nSPS) is 10.3. The van der Waals surface area contributed by atoms with Gasteiger partial charge in [0.15, 0.2) is 23.7 Å². The second kappa shape index (κ2) is 5.41. The van der Waals surface area contributed by atoms with Gasteiger partial charge in [-0.25, -0.2) is 15.0 Å². The number of carbonyl (C=O) groups excluding carboxylic acids is 1. The lowest BCUT2D eigenvalue weighted by atomic mass is 10.1. The van der Waals surface area contributed by atoms with Crippen LogP contribution in [-0.4, -0.2) is 20.9 Å². The number of carbonyl (C=O) groups is 1. The predicted molar refractivity (Wildman–Crippen MR) is 76.3 cm³/mol. The van der Waals surface area contributed by atoms with Crippen LogP contribution in [0.3, 0.4) is 0 Å². The minimum atomic E-state index is -0.421. The number of anilines is 2. The minimum Gasteiger partial charge on any atom is -0.444 e. The van der Waals surface area contributed by atoms with Crippen molar-refractivity contribution in [2.45, 2.75) is 0 Å². The van der Waals surface area contributed by atoms with E-state index in [1.165, 1.54) is 18.8 Å². The van der Waals surface area contributed by atoms with Gasteiger partial charge in [-0.05, 0) is 12.1 Å². The number of oxazole rings is 1. The summed E-state index contributed by atoms with van der Waals surface area (Å²) in [6, 6.07) is 7.18. The van der Waals surface area contributed by atoms with Crippen LogP contribution in [-0.2, 0) is 0 Å². The molecule has 0 aliphatic carbocycles. The molecule has 0 spiro atoms. The number of aromatic nitrogens is 3. The third kappa shape index (κ3) is 2.71. The monoisotopic (exact) mass is 281 g/mol. The summed E-state index contributed by atoms with van der Waals surface area (Å²) in [5, 5.41) is 2.72. The van der Waals surface area contributed by atoms with Crippen LogP contribution < -0.4 is 11.1 Å².